The minimum absolute atomic E-state index is 0.0695. The number of halogens is 3. The van der Waals surface area contributed by atoms with Crippen LogP contribution in [0.15, 0.2) is 35.1 Å². The van der Waals surface area contributed by atoms with Crippen LogP contribution < -0.4 is 10.5 Å². The van der Waals surface area contributed by atoms with E-state index >= 15 is 0 Å². The van der Waals surface area contributed by atoms with Crippen molar-refractivity contribution in [2.75, 3.05) is 19.0 Å². The van der Waals surface area contributed by atoms with Crippen LogP contribution in [0.1, 0.15) is 46.8 Å². The minimum Gasteiger partial charge on any atom is -0.348 e. The van der Waals surface area contributed by atoms with E-state index in [9.17, 15) is 22.8 Å². The molecule has 5 nitrogen and oxygen atoms in total. The third-order valence-electron chi connectivity index (χ3n) is 4.70. The Morgan fingerprint density at radius 1 is 1.26 bits per heavy atom. The van der Waals surface area contributed by atoms with Gasteiger partial charge in [0.15, 0.2) is 5.78 Å². The van der Waals surface area contributed by atoms with Crippen molar-refractivity contribution in [2.45, 2.75) is 31.4 Å². The summed E-state index contributed by atoms with van der Waals surface area (Å²) in [4.78, 5) is 32.8. The van der Waals surface area contributed by atoms with Gasteiger partial charge in [-0.05, 0) is 42.4 Å². The highest BCUT2D eigenvalue weighted by Gasteiger charge is 2.35. The molecular weight excluding hydrogens is 359 g/mol. The molecule has 8 heteroatoms. The molecule has 1 saturated carbocycles. The average Bonchev–Trinajstić information content (AvgIpc) is 3.43. The highest BCUT2D eigenvalue weighted by molar-refractivity contribution is 5.95. The fourth-order valence-electron chi connectivity index (χ4n) is 3.08. The van der Waals surface area contributed by atoms with E-state index in [1.807, 2.05) is 0 Å². The van der Waals surface area contributed by atoms with Gasteiger partial charge in [-0.1, -0.05) is 12.1 Å². The maximum Gasteiger partial charge on any atom is 0.416 e. The van der Waals surface area contributed by atoms with Crippen molar-refractivity contribution in [1.29, 1.82) is 0 Å². The van der Waals surface area contributed by atoms with Crippen LogP contribution in [-0.4, -0.2) is 29.8 Å². The molecule has 1 aliphatic carbocycles. The van der Waals surface area contributed by atoms with Crippen molar-refractivity contribution < 1.29 is 18.0 Å². The second-order valence-corrected chi connectivity index (χ2v) is 7.04. The van der Waals surface area contributed by atoms with Gasteiger partial charge in [0, 0.05) is 26.6 Å². The first-order chi connectivity index (χ1) is 12.6. The molecule has 1 aromatic heterocycles. The lowest BCUT2D eigenvalue weighted by atomic mass is 9.88. The van der Waals surface area contributed by atoms with Crippen LogP contribution in [0.5, 0.6) is 0 Å². The molecule has 1 aliphatic rings. The van der Waals surface area contributed by atoms with Crippen molar-refractivity contribution >= 4 is 11.7 Å². The lowest BCUT2D eigenvalue weighted by molar-refractivity contribution is -0.137. The maximum absolute atomic E-state index is 12.8. The van der Waals surface area contributed by atoms with Crippen molar-refractivity contribution in [3.63, 3.8) is 0 Å². The van der Waals surface area contributed by atoms with Gasteiger partial charge in [-0.25, -0.2) is 4.98 Å². The molecule has 1 heterocycles. The molecular formula is C19H20F3N3O2. The maximum atomic E-state index is 12.8. The number of aromatic amines is 1. The van der Waals surface area contributed by atoms with Gasteiger partial charge >= 0.3 is 6.18 Å². The molecule has 27 heavy (non-hydrogen) atoms. The summed E-state index contributed by atoms with van der Waals surface area (Å²) < 4.78 is 38.3. The topological polar surface area (TPSA) is 66.1 Å². The quantitative estimate of drug-likeness (QED) is 0.779. The monoisotopic (exact) mass is 379 g/mol. The molecule has 1 aromatic carbocycles. The Morgan fingerprint density at radius 3 is 2.41 bits per heavy atom. The predicted molar refractivity (Wildman–Crippen MR) is 95.0 cm³/mol. The summed E-state index contributed by atoms with van der Waals surface area (Å²) in [6.45, 7) is 0. The number of aromatic nitrogens is 2. The molecule has 144 valence electrons. The third kappa shape index (κ3) is 4.56. The van der Waals surface area contributed by atoms with Gasteiger partial charge in [0.05, 0.1) is 5.56 Å². The van der Waals surface area contributed by atoms with E-state index in [0.717, 1.165) is 31.0 Å². The van der Waals surface area contributed by atoms with E-state index in [-0.39, 0.29) is 35.7 Å². The molecule has 0 radical (unpaired) electrons. The van der Waals surface area contributed by atoms with Gasteiger partial charge in [-0.3, -0.25) is 14.6 Å². The Morgan fingerprint density at radius 2 is 1.89 bits per heavy atom. The number of nitrogens with zero attached hydrogens (tertiary/aromatic N) is 2. The lowest BCUT2D eigenvalue weighted by Crippen LogP contribution is -2.21. The molecule has 2 aromatic rings. The highest BCUT2D eigenvalue weighted by atomic mass is 19.4. The van der Waals surface area contributed by atoms with Gasteiger partial charge in [0.2, 0.25) is 5.95 Å². The SMILES string of the molecule is CN(C)c1nc(C(=O)C[C@@H](c2ccc(C(F)(F)F)cc2)C2CC2)cc(=O)[nH]1. The molecule has 0 aliphatic heterocycles. The molecule has 0 amide bonds. The zero-order valence-corrected chi connectivity index (χ0v) is 15.0. The number of anilines is 1. The predicted octanol–water partition coefficient (Wildman–Crippen LogP) is 3.62. The molecule has 0 spiro atoms. The van der Waals surface area contributed by atoms with E-state index in [0.29, 0.717) is 5.56 Å². The van der Waals surface area contributed by atoms with Crippen LogP contribution >= 0.6 is 0 Å². The Kier molecular flexibility index (Phi) is 5.08. The molecule has 0 saturated heterocycles. The van der Waals surface area contributed by atoms with E-state index in [1.54, 1.807) is 19.0 Å². The summed E-state index contributed by atoms with van der Waals surface area (Å²) in [5.41, 5.74) is -0.356. The second-order valence-electron chi connectivity index (χ2n) is 7.04. The zero-order valence-electron chi connectivity index (χ0n) is 15.0. The van der Waals surface area contributed by atoms with Crippen molar-refractivity contribution in [3.8, 4) is 0 Å². The highest BCUT2D eigenvalue weighted by Crippen LogP contribution is 2.45. The standard InChI is InChI=1S/C19H20F3N3O2/c1-25(2)18-23-15(10-17(27)24-18)16(26)9-14(11-3-4-11)12-5-7-13(8-6-12)19(20,21)22/h5-8,10-11,14H,3-4,9H2,1-2H3,(H,23,24,27)/t14-/m1/s1. The van der Waals surface area contributed by atoms with Gasteiger partial charge in [0.25, 0.3) is 5.56 Å². The molecule has 3 rings (SSSR count). The zero-order chi connectivity index (χ0) is 19.8. The van der Waals surface area contributed by atoms with E-state index in [4.69, 9.17) is 0 Å². The number of ketones is 1. The normalized spacial score (nSPS) is 15.4. The number of H-pyrrole nitrogens is 1. The number of benzene rings is 1. The van der Waals surface area contributed by atoms with Crippen molar-refractivity contribution in [3.05, 3.63) is 57.5 Å². The van der Waals surface area contributed by atoms with Crippen LogP contribution in [-0.2, 0) is 6.18 Å². The largest absolute Gasteiger partial charge is 0.416 e. The van der Waals surface area contributed by atoms with Crippen LogP contribution in [0, 0.1) is 5.92 Å². The number of hydrogen-bond acceptors (Lipinski definition) is 4. The number of nitrogens with one attached hydrogen (secondary N) is 1. The van der Waals surface area contributed by atoms with Gasteiger partial charge < -0.3 is 4.90 Å². The summed E-state index contributed by atoms with van der Waals surface area (Å²) in [5, 5.41) is 0. The van der Waals surface area contributed by atoms with Crippen molar-refractivity contribution in [1.82, 2.24) is 9.97 Å². The smallest absolute Gasteiger partial charge is 0.348 e. The molecule has 1 atom stereocenters. The average molecular weight is 379 g/mol. The molecule has 0 unspecified atom stereocenters. The fourth-order valence-corrected chi connectivity index (χ4v) is 3.08. The first-order valence-electron chi connectivity index (χ1n) is 8.64. The molecule has 1 fully saturated rings. The van der Waals surface area contributed by atoms with Crippen LogP contribution in [0.4, 0.5) is 19.1 Å². The van der Waals surface area contributed by atoms with Crippen LogP contribution in [0.3, 0.4) is 0 Å². The second kappa shape index (κ2) is 7.17. The number of rotatable bonds is 6. The van der Waals surface area contributed by atoms with Crippen LogP contribution in [0.25, 0.3) is 0 Å². The molecule has 1 N–H and O–H groups in total. The summed E-state index contributed by atoms with van der Waals surface area (Å²) in [5.74, 6) is 0.0778. The van der Waals surface area contributed by atoms with Gasteiger partial charge in [0.1, 0.15) is 5.69 Å². The number of Topliss-reactive ketones (excluding diaryl/α,β-unsaturated/α-hetero) is 1. The van der Waals surface area contributed by atoms with Gasteiger partial charge in [-0.2, -0.15) is 13.2 Å². The number of carbonyl (C=O) groups excluding carboxylic acids is 1. The summed E-state index contributed by atoms with van der Waals surface area (Å²) in [6.07, 6.45) is -2.41. The number of alkyl halides is 3. The summed E-state index contributed by atoms with van der Waals surface area (Å²) in [7, 11) is 3.39. The Labute approximate surface area is 154 Å². The third-order valence-corrected chi connectivity index (χ3v) is 4.70. The van der Waals surface area contributed by atoms with E-state index in [2.05, 4.69) is 9.97 Å². The Hall–Kier alpha value is -2.64. The van der Waals surface area contributed by atoms with Crippen molar-refractivity contribution in [2.24, 2.45) is 5.92 Å². The van der Waals surface area contributed by atoms with Gasteiger partial charge in [-0.15, -0.1) is 0 Å². The summed E-state index contributed by atoms with van der Waals surface area (Å²) in [6, 6.07) is 6.13. The van der Waals surface area contributed by atoms with E-state index < -0.39 is 17.3 Å². The van der Waals surface area contributed by atoms with Crippen LogP contribution in [0.2, 0.25) is 0 Å². The first-order valence-corrected chi connectivity index (χ1v) is 8.64. The van der Waals surface area contributed by atoms with E-state index in [1.165, 1.54) is 12.1 Å². The minimum atomic E-state index is -4.39. The fraction of sp³-hybridized carbons (Fsp3) is 0.421. The lowest BCUT2D eigenvalue weighted by Gasteiger charge is -2.17. The Balaban J connectivity index is 1.83. The summed E-state index contributed by atoms with van der Waals surface area (Å²) >= 11 is 0. The Bertz CT molecular complexity index is 884. The number of hydrogen-bond donors (Lipinski definition) is 1. The first kappa shape index (κ1) is 19.1. The molecule has 0 bridgehead atoms. The number of carbonyl (C=O) groups is 1.